The molecule has 1 atom stereocenters. The fourth-order valence-corrected chi connectivity index (χ4v) is 2.23. The number of nitrogens with zero attached hydrogens (tertiary/aromatic N) is 2. The Hall–Kier alpha value is -2.53. The molecule has 0 fully saturated rings. The lowest BCUT2D eigenvalue weighted by molar-refractivity contribution is 0.176. The van der Waals surface area contributed by atoms with Crippen LogP contribution in [0.25, 0.3) is 11.4 Å². The molecule has 0 amide bonds. The maximum absolute atomic E-state index is 5.94. The van der Waals surface area contributed by atoms with Gasteiger partial charge < -0.3 is 14.0 Å². The lowest BCUT2D eigenvalue weighted by Crippen LogP contribution is -2.03. The molecule has 118 valence electrons. The van der Waals surface area contributed by atoms with Gasteiger partial charge in [0.05, 0.1) is 7.11 Å². The highest BCUT2D eigenvalue weighted by Crippen LogP contribution is 2.25. The van der Waals surface area contributed by atoms with Gasteiger partial charge in [-0.1, -0.05) is 22.8 Å². The second-order valence-corrected chi connectivity index (χ2v) is 5.34. The first kappa shape index (κ1) is 15.4. The zero-order valence-electron chi connectivity index (χ0n) is 12.7. The molecule has 0 aliphatic rings. The third-order valence-corrected chi connectivity index (χ3v) is 3.48. The molecule has 0 N–H and O–H groups in total. The molecule has 0 saturated heterocycles. The Kier molecular flexibility index (Phi) is 4.48. The van der Waals surface area contributed by atoms with Gasteiger partial charge in [0.15, 0.2) is 6.10 Å². The van der Waals surface area contributed by atoms with E-state index in [0.717, 1.165) is 11.3 Å². The van der Waals surface area contributed by atoms with Crippen molar-refractivity contribution in [3.8, 4) is 22.9 Å². The summed E-state index contributed by atoms with van der Waals surface area (Å²) in [5, 5.41) is 4.60. The second kappa shape index (κ2) is 6.71. The molecule has 2 aromatic carbocycles. The summed E-state index contributed by atoms with van der Waals surface area (Å²) in [4.78, 5) is 4.38. The summed E-state index contributed by atoms with van der Waals surface area (Å²) < 4.78 is 16.2. The monoisotopic (exact) mass is 330 g/mol. The highest BCUT2D eigenvalue weighted by atomic mass is 35.5. The number of hydrogen-bond acceptors (Lipinski definition) is 5. The van der Waals surface area contributed by atoms with Crippen LogP contribution in [0.2, 0.25) is 5.02 Å². The predicted molar refractivity (Wildman–Crippen MR) is 86.8 cm³/mol. The quantitative estimate of drug-likeness (QED) is 0.687. The van der Waals surface area contributed by atoms with E-state index in [1.54, 1.807) is 19.2 Å². The van der Waals surface area contributed by atoms with Crippen LogP contribution in [0.4, 0.5) is 0 Å². The molecule has 0 aliphatic carbocycles. The summed E-state index contributed by atoms with van der Waals surface area (Å²) in [6.07, 6.45) is -0.382. The predicted octanol–water partition coefficient (Wildman–Crippen LogP) is 4.54. The third-order valence-electron chi connectivity index (χ3n) is 3.25. The molecule has 3 rings (SSSR count). The standard InChI is InChI=1S/C17H15ClN2O3/c1-11(22-15-5-3-4-13(18)10-15)17-19-16(20-23-17)12-6-8-14(21-2)9-7-12/h3-11H,1-2H3/t11-/m1/s1. The summed E-state index contributed by atoms with van der Waals surface area (Å²) in [6, 6.07) is 14.6. The molecule has 0 unspecified atom stereocenters. The first-order chi connectivity index (χ1) is 11.2. The molecule has 0 spiro atoms. The molecule has 0 aliphatic heterocycles. The molecule has 0 bridgehead atoms. The number of halogens is 1. The van der Waals surface area contributed by atoms with Gasteiger partial charge in [0.1, 0.15) is 11.5 Å². The van der Waals surface area contributed by atoms with E-state index in [1.807, 2.05) is 43.3 Å². The Morgan fingerprint density at radius 1 is 1.09 bits per heavy atom. The van der Waals surface area contributed by atoms with E-state index >= 15 is 0 Å². The molecule has 1 heterocycles. The van der Waals surface area contributed by atoms with E-state index in [1.165, 1.54) is 0 Å². The van der Waals surface area contributed by atoms with Gasteiger partial charge in [0.2, 0.25) is 5.82 Å². The lowest BCUT2D eigenvalue weighted by atomic mass is 10.2. The molecule has 0 saturated carbocycles. The second-order valence-electron chi connectivity index (χ2n) is 4.90. The lowest BCUT2D eigenvalue weighted by Gasteiger charge is -2.10. The van der Waals surface area contributed by atoms with E-state index in [-0.39, 0.29) is 6.10 Å². The minimum Gasteiger partial charge on any atom is -0.497 e. The molecule has 0 radical (unpaired) electrons. The third kappa shape index (κ3) is 3.63. The summed E-state index contributed by atoms with van der Waals surface area (Å²) in [6.45, 7) is 1.84. The van der Waals surface area contributed by atoms with E-state index in [2.05, 4.69) is 10.1 Å². The Labute approximate surface area is 138 Å². The van der Waals surface area contributed by atoms with Crippen molar-refractivity contribution >= 4 is 11.6 Å². The first-order valence-electron chi connectivity index (χ1n) is 7.06. The van der Waals surface area contributed by atoms with Crippen molar-refractivity contribution in [3.63, 3.8) is 0 Å². The van der Waals surface area contributed by atoms with Gasteiger partial charge in [-0.05, 0) is 49.4 Å². The van der Waals surface area contributed by atoms with Crippen molar-refractivity contribution in [2.75, 3.05) is 7.11 Å². The maximum Gasteiger partial charge on any atom is 0.267 e. The van der Waals surface area contributed by atoms with Gasteiger partial charge in [-0.2, -0.15) is 4.98 Å². The molecule has 6 heteroatoms. The number of ether oxygens (including phenoxy) is 2. The number of rotatable bonds is 5. The maximum atomic E-state index is 5.94. The van der Waals surface area contributed by atoms with Crippen molar-refractivity contribution in [3.05, 3.63) is 59.4 Å². The van der Waals surface area contributed by atoms with Gasteiger partial charge in [-0.25, -0.2) is 0 Å². The Bertz CT molecular complexity index is 787. The van der Waals surface area contributed by atoms with Crippen LogP contribution in [-0.2, 0) is 0 Å². The van der Waals surface area contributed by atoms with Gasteiger partial charge in [0, 0.05) is 10.6 Å². The highest BCUT2D eigenvalue weighted by Gasteiger charge is 2.17. The Morgan fingerprint density at radius 3 is 2.57 bits per heavy atom. The molecule has 3 aromatic rings. The van der Waals surface area contributed by atoms with Crippen molar-refractivity contribution in [2.24, 2.45) is 0 Å². The SMILES string of the molecule is COc1ccc(-c2noc([C@@H](C)Oc3cccc(Cl)c3)n2)cc1. The van der Waals surface area contributed by atoms with E-state index in [0.29, 0.717) is 22.5 Å². The van der Waals surface area contributed by atoms with Gasteiger partial charge in [-0.3, -0.25) is 0 Å². The van der Waals surface area contributed by atoms with Gasteiger partial charge in [-0.15, -0.1) is 0 Å². The van der Waals surface area contributed by atoms with Crippen LogP contribution in [0.3, 0.4) is 0 Å². The average Bonchev–Trinajstić information content (AvgIpc) is 3.05. The normalized spacial score (nSPS) is 12.0. The van der Waals surface area contributed by atoms with Gasteiger partial charge >= 0.3 is 0 Å². The molecular weight excluding hydrogens is 316 g/mol. The van der Waals surface area contributed by atoms with Crippen LogP contribution in [0.1, 0.15) is 18.9 Å². The fraction of sp³-hybridized carbons (Fsp3) is 0.176. The van der Waals surface area contributed by atoms with Crippen LogP contribution in [-0.4, -0.2) is 17.3 Å². The largest absolute Gasteiger partial charge is 0.497 e. The van der Waals surface area contributed by atoms with Crippen molar-refractivity contribution in [1.82, 2.24) is 10.1 Å². The van der Waals surface area contributed by atoms with Crippen LogP contribution >= 0.6 is 11.6 Å². The Morgan fingerprint density at radius 2 is 1.87 bits per heavy atom. The van der Waals surface area contributed by atoms with E-state index < -0.39 is 0 Å². The average molecular weight is 331 g/mol. The number of methoxy groups -OCH3 is 1. The van der Waals surface area contributed by atoms with Gasteiger partial charge in [0.25, 0.3) is 5.89 Å². The Balaban J connectivity index is 1.75. The number of aromatic nitrogens is 2. The van der Waals surface area contributed by atoms with Crippen molar-refractivity contribution in [1.29, 1.82) is 0 Å². The first-order valence-corrected chi connectivity index (χ1v) is 7.44. The molecular formula is C17H15ClN2O3. The van der Waals surface area contributed by atoms with E-state index in [9.17, 15) is 0 Å². The van der Waals surface area contributed by atoms with Crippen LogP contribution in [0.15, 0.2) is 53.1 Å². The smallest absolute Gasteiger partial charge is 0.267 e. The molecule has 23 heavy (non-hydrogen) atoms. The van der Waals surface area contributed by atoms with E-state index in [4.69, 9.17) is 25.6 Å². The van der Waals surface area contributed by atoms with Crippen LogP contribution < -0.4 is 9.47 Å². The summed E-state index contributed by atoms with van der Waals surface area (Å²) in [5.74, 6) is 2.32. The summed E-state index contributed by atoms with van der Waals surface area (Å²) in [7, 11) is 1.62. The minimum atomic E-state index is -0.382. The molecule has 5 nitrogen and oxygen atoms in total. The highest BCUT2D eigenvalue weighted by molar-refractivity contribution is 6.30. The topological polar surface area (TPSA) is 57.4 Å². The molecule has 1 aromatic heterocycles. The zero-order chi connectivity index (χ0) is 16.2. The van der Waals surface area contributed by atoms with Crippen molar-refractivity contribution < 1.29 is 14.0 Å². The number of hydrogen-bond donors (Lipinski definition) is 0. The van der Waals surface area contributed by atoms with Crippen LogP contribution in [0, 0.1) is 0 Å². The minimum absolute atomic E-state index is 0.382. The number of benzene rings is 2. The van der Waals surface area contributed by atoms with Crippen molar-refractivity contribution in [2.45, 2.75) is 13.0 Å². The fourth-order valence-electron chi connectivity index (χ4n) is 2.05. The summed E-state index contributed by atoms with van der Waals surface area (Å²) >= 11 is 5.94. The van der Waals surface area contributed by atoms with Crippen LogP contribution in [0.5, 0.6) is 11.5 Å². The summed E-state index contributed by atoms with van der Waals surface area (Å²) in [5.41, 5.74) is 0.843. The zero-order valence-corrected chi connectivity index (χ0v) is 13.4.